The number of allylic oxidation sites excluding steroid dienone is 2. The maximum Gasteiger partial charge on any atom is 0.166 e. The van der Waals surface area contributed by atoms with Crippen LogP contribution in [0, 0.1) is 0 Å². The van der Waals surface area contributed by atoms with Crippen molar-refractivity contribution in [1.29, 1.82) is 0 Å². The molecule has 0 aliphatic carbocycles. The molecule has 29 heavy (non-hydrogen) atoms. The molecular weight excluding hydrogens is 360 g/mol. The van der Waals surface area contributed by atoms with E-state index in [4.69, 9.17) is 0 Å². The van der Waals surface area contributed by atoms with Crippen molar-refractivity contribution in [2.75, 3.05) is 13.6 Å². The molecular formula is C25H46N2O2. The van der Waals surface area contributed by atoms with E-state index < -0.39 is 11.1 Å². The lowest BCUT2D eigenvalue weighted by atomic mass is 9.87. The lowest BCUT2D eigenvalue weighted by Gasteiger charge is -2.32. The standard InChI is InChI=1S/C25H46N2O2/c1-7-9-11-13-15-17-19-24(4,22(3)28)27-21-23(29)25(5,26-6)20-18-16-14-12-10-8-2/h7-8,26-27H,1-2,9-21H2,3-6H3. The van der Waals surface area contributed by atoms with E-state index in [-0.39, 0.29) is 18.1 Å². The molecule has 0 saturated carbocycles. The lowest BCUT2D eigenvalue weighted by molar-refractivity contribution is -0.126. The number of hydrogen-bond donors (Lipinski definition) is 2. The van der Waals surface area contributed by atoms with Crippen molar-refractivity contribution in [3.05, 3.63) is 25.3 Å². The Labute approximate surface area is 180 Å². The molecule has 4 heteroatoms. The first-order valence-electron chi connectivity index (χ1n) is 11.5. The first kappa shape index (κ1) is 27.7. The average Bonchev–Trinajstić information content (AvgIpc) is 2.71. The largest absolute Gasteiger partial charge is 0.308 e. The Morgan fingerprint density at radius 1 is 0.793 bits per heavy atom. The van der Waals surface area contributed by atoms with Crippen LogP contribution in [0.15, 0.2) is 25.3 Å². The van der Waals surface area contributed by atoms with Crippen LogP contribution in [-0.4, -0.2) is 36.2 Å². The zero-order valence-corrected chi connectivity index (χ0v) is 19.6. The van der Waals surface area contributed by atoms with Crippen molar-refractivity contribution < 1.29 is 9.59 Å². The number of carbonyl (C=O) groups excluding carboxylic acids is 2. The molecule has 0 aliphatic rings. The van der Waals surface area contributed by atoms with E-state index in [2.05, 4.69) is 23.8 Å². The summed E-state index contributed by atoms with van der Waals surface area (Å²) in [5, 5.41) is 6.51. The van der Waals surface area contributed by atoms with Crippen LogP contribution in [0.1, 0.15) is 97.8 Å². The normalized spacial score (nSPS) is 15.3. The summed E-state index contributed by atoms with van der Waals surface area (Å²) >= 11 is 0. The van der Waals surface area contributed by atoms with Gasteiger partial charge in [-0.05, 0) is 66.3 Å². The monoisotopic (exact) mass is 406 g/mol. The fourth-order valence-electron chi connectivity index (χ4n) is 3.50. The van der Waals surface area contributed by atoms with Gasteiger partial charge in [-0.1, -0.05) is 50.7 Å². The number of rotatable bonds is 20. The Balaban J connectivity index is 4.51. The van der Waals surface area contributed by atoms with Crippen LogP contribution in [0.5, 0.6) is 0 Å². The Morgan fingerprint density at radius 3 is 1.66 bits per heavy atom. The predicted molar refractivity (Wildman–Crippen MR) is 125 cm³/mol. The SMILES string of the molecule is C=CCCCCCCC(C)(NCC(=O)C(C)(CCCCCCC=C)NC)C(C)=O. The third-order valence-corrected chi connectivity index (χ3v) is 6.25. The molecule has 0 heterocycles. The smallest absolute Gasteiger partial charge is 0.166 e. The van der Waals surface area contributed by atoms with Crippen LogP contribution in [-0.2, 0) is 9.59 Å². The number of ketones is 2. The van der Waals surface area contributed by atoms with Crippen LogP contribution in [0.4, 0.5) is 0 Å². The summed E-state index contributed by atoms with van der Waals surface area (Å²) < 4.78 is 0. The molecule has 0 radical (unpaired) electrons. The fraction of sp³-hybridized carbons (Fsp3) is 0.760. The Bertz CT molecular complexity index is 503. The molecule has 0 rings (SSSR count). The number of Topliss-reactive ketones (excluding diaryl/α,β-unsaturated/α-hetero) is 2. The minimum Gasteiger partial charge on any atom is -0.308 e. The second-order valence-electron chi connectivity index (χ2n) is 8.73. The third kappa shape index (κ3) is 11.5. The maximum absolute atomic E-state index is 12.9. The third-order valence-electron chi connectivity index (χ3n) is 6.25. The van der Waals surface area contributed by atoms with Gasteiger partial charge < -0.3 is 5.32 Å². The highest BCUT2D eigenvalue weighted by atomic mass is 16.1. The van der Waals surface area contributed by atoms with Crippen molar-refractivity contribution in [2.45, 2.75) is 109 Å². The van der Waals surface area contributed by atoms with Gasteiger partial charge in [0.2, 0.25) is 0 Å². The van der Waals surface area contributed by atoms with E-state index in [0.29, 0.717) is 0 Å². The number of likely N-dealkylation sites (N-methyl/N-ethyl adjacent to an activating group) is 1. The second-order valence-corrected chi connectivity index (χ2v) is 8.73. The molecule has 168 valence electrons. The highest BCUT2D eigenvalue weighted by molar-refractivity contribution is 5.91. The highest BCUT2D eigenvalue weighted by Crippen LogP contribution is 2.20. The van der Waals surface area contributed by atoms with Gasteiger partial charge in [-0.25, -0.2) is 0 Å². The Morgan fingerprint density at radius 2 is 1.24 bits per heavy atom. The van der Waals surface area contributed by atoms with Gasteiger partial charge in [0.25, 0.3) is 0 Å². The van der Waals surface area contributed by atoms with Crippen LogP contribution in [0.3, 0.4) is 0 Å². The second kappa shape index (κ2) is 15.6. The molecule has 2 N–H and O–H groups in total. The van der Waals surface area contributed by atoms with Gasteiger partial charge >= 0.3 is 0 Å². The Kier molecular flexibility index (Phi) is 14.9. The molecule has 0 aromatic carbocycles. The first-order chi connectivity index (χ1) is 13.8. The van der Waals surface area contributed by atoms with E-state index in [1.807, 2.05) is 33.0 Å². The van der Waals surface area contributed by atoms with E-state index in [9.17, 15) is 9.59 Å². The molecule has 0 fully saturated rings. The summed E-state index contributed by atoms with van der Waals surface area (Å²) in [5.41, 5.74) is -1.18. The van der Waals surface area contributed by atoms with Gasteiger partial charge in [-0.3, -0.25) is 14.9 Å². The molecule has 0 aliphatic heterocycles. The average molecular weight is 407 g/mol. The van der Waals surface area contributed by atoms with Gasteiger partial charge in [0, 0.05) is 0 Å². The van der Waals surface area contributed by atoms with Gasteiger partial charge in [-0.2, -0.15) is 0 Å². The van der Waals surface area contributed by atoms with E-state index in [1.165, 1.54) is 12.8 Å². The number of carbonyl (C=O) groups is 2. The number of hydrogen-bond acceptors (Lipinski definition) is 4. The Hall–Kier alpha value is -1.26. The van der Waals surface area contributed by atoms with Crippen LogP contribution >= 0.6 is 0 Å². The van der Waals surface area contributed by atoms with Gasteiger partial charge in [0.1, 0.15) is 5.78 Å². The van der Waals surface area contributed by atoms with Gasteiger partial charge in [0.15, 0.2) is 5.78 Å². The van der Waals surface area contributed by atoms with Crippen molar-refractivity contribution in [3.8, 4) is 0 Å². The molecule has 0 saturated heterocycles. The van der Waals surface area contributed by atoms with E-state index >= 15 is 0 Å². The van der Waals surface area contributed by atoms with Crippen LogP contribution < -0.4 is 10.6 Å². The van der Waals surface area contributed by atoms with Crippen molar-refractivity contribution >= 4 is 11.6 Å². The van der Waals surface area contributed by atoms with E-state index in [0.717, 1.165) is 64.2 Å². The molecule has 2 unspecified atom stereocenters. The maximum atomic E-state index is 12.9. The molecule has 0 amide bonds. The summed E-state index contributed by atoms with van der Waals surface area (Å²) in [6, 6.07) is 0. The first-order valence-corrected chi connectivity index (χ1v) is 11.5. The van der Waals surface area contributed by atoms with Crippen molar-refractivity contribution in [1.82, 2.24) is 10.6 Å². The number of nitrogens with one attached hydrogen (secondary N) is 2. The van der Waals surface area contributed by atoms with Gasteiger partial charge in [0.05, 0.1) is 17.6 Å². The van der Waals surface area contributed by atoms with Crippen molar-refractivity contribution in [2.24, 2.45) is 0 Å². The zero-order chi connectivity index (χ0) is 22.2. The minimum atomic E-state index is -0.632. The topological polar surface area (TPSA) is 58.2 Å². The summed E-state index contributed by atoms with van der Waals surface area (Å²) in [4.78, 5) is 25.2. The minimum absolute atomic E-state index is 0.102. The molecule has 4 nitrogen and oxygen atoms in total. The lowest BCUT2D eigenvalue weighted by Crippen LogP contribution is -2.56. The number of unbranched alkanes of at least 4 members (excludes halogenated alkanes) is 8. The van der Waals surface area contributed by atoms with E-state index in [1.54, 1.807) is 6.92 Å². The van der Waals surface area contributed by atoms with Crippen LogP contribution in [0.25, 0.3) is 0 Å². The fourth-order valence-corrected chi connectivity index (χ4v) is 3.50. The molecule has 0 spiro atoms. The van der Waals surface area contributed by atoms with Crippen molar-refractivity contribution in [3.63, 3.8) is 0 Å². The summed E-state index contributed by atoms with van der Waals surface area (Å²) in [5.74, 6) is 0.231. The highest BCUT2D eigenvalue weighted by Gasteiger charge is 2.34. The molecule has 0 bridgehead atoms. The predicted octanol–water partition coefficient (Wildman–Crippen LogP) is 5.52. The quantitative estimate of drug-likeness (QED) is 0.206. The molecule has 2 atom stereocenters. The van der Waals surface area contributed by atoms with Gasteiger partial charge in [-0.15, -0.1) is 13.2 Å². The molecule has 0 aromatic rings. The van der Waals surface area contributed by atoms with Crippen LogP contribution in [0.2, 0.25) is 0 Å². The molecule has 0 aromatic heterocycles. The summed E-state index contributed by atoms with van der Waals surface area (Å²) in [6.07, 6.45) is 16.5. The zero-order valence-electron chi connectivity index (χ0n) is 19.6. The summed E-state index contributed by atoms with van der Waals surface area (Å²) in [6.45, 7) is 13.3. The summed E-state index contributed by atoms with van der Waals surface area (Å²) in [7, 11) is 1.85.